The van der Waals surface area contributed by atoms with E-state index in [1.165, 1.54) is 6.07 Å². The van der Waals surface area contributed by atoms with Gasteiger partial charge in [-0.15, -0.1) is 10.2 Å². The average molecular weight is 311 g/mol. The molecule has 2 rings (SSSR count). The minimum Gasteiger partial charge on any atom is -0.364 e. The summed E-state index contributed by atoms with van der Waals surface area (Å²) < 4.78 is 0. The van der Waals surface area contributed by atoms with Crippen molar-refractivity contribution < 1.29 is 4.79 Å². The number of nitrogens with one attached hydrogen (secondary N) is 1. The van der Waals surface area contributed by atoms with Crippen molar-refractivity contribution in [3.8, 4) is 0 Å². The largest absolute Gasteiger partial charge is 0.364 e. The molecule has 5 nitrogen and oxygen atoms in total. The van der Waals surface area contributed by atoms with Gasteiger partial charge in [0.2, 0.25) is 0 Å². The molecule has 0 aliphatic rings. The number of rotatable bonds is 4. The van der Waals surface area contributed by atoms with Crippen molar-refractivity contribution in [2.24, 2.45) is 5.73 Å². The molecule has 0 fully saturated rings. The summed E-state index contributed by atoms with van der Waals surface area (Å²) >= 11 is 12.0. The first-order chi connectivity index (χ1) is 9.47. The van der Waals surface area contributed by atoms with Gasteiger partial charge in [-0.3, -0.25) is 4.79 Å². The Morgan fingerprint density at radius 3 is 2.55 bits per heavy atom. The maximum atomic E-state index is 10.9. The van der Waals surface area contributed by atoms with E-state index in [2.05, 4.69) is 15.5 Å². The van der Waals surface area contributed by atoms with Crippen LogP contribution < -0.4 is 11.1 Å². The third kappa shape index (κ3) is 3.37. The normalized spacial score (nSPS) is 11.9. The molecule has 0 spiro atoms. The smallest absolute Gasteiger partial charge is 0.269 e. The van der Waals surface area contributed by atoms with E-state index in [-0.39, 0.29) is 11.7 Å². The summed E-state index contributed by atoms with van der Waals surface area (Å²) in [5.41, 5.74) is 6.10. The lowest BCUT2D eigenvalue weighted by atomic mass is 10.1. The Morgan fingerprint density at radius 2 is 2.00 bits per heavy atom. The quantitative estimate of drug-likeness (QED) is 0.909. The van der Waals surface area contributed by atoms with Crippen LogP contribution >= 0.6 is 23.2 Å². The van der Waals surface area contributed by atoms with Crippen LogP contribution in [0.3, 0.4) is 0 Å². The third-order valence-electron chi connectivity index (χ3n) is 2.71. The van der Waals surface area contributed by atoms with Crippen molar-refractivity contribution in [3.05, 3.63) is 51.6 Å². The highest BCUT2D eigenvalue weighted by molar-refractivity contribution is 6.35. The van der Waals surface area contributed by atoms with E-state index in [9.17, 15) is 4.79 Å². The van der Waals surface area contributed by atoms with Crippen molar-refractivity contribution in [1.82, 2.24) is 10.2 Å². The van der Waals surface area contributed by atoms with Gasteiger partial charge in [-0.25, -0.2) is 0 Å². The highest BCUT2D eigenvalue weighted by atomic mass is 35.5. The van der Waals surface area contributed by atoms with Crippen LogP contribution in [0.2, 0.25) is 10.0 Å². The molecule has 2 aromatic rings. The lowest BCUT2D eigenvalue weighted by Crippen LogP contribution is -2.15. The number of hydrogen-bond acceptors (Lipinski definition) is 4. The highest BCUT2D eigenvalue weighted by Crippen LogP contribution is 2.27. The summed E-state index contributed by atoms with van der Waals surface area (Å²) in [6.45, 7) is 1.93. The minimum absolute atomic E-state index is 0.0894. The Bertz CT molecular complexity index is 631. The van der Waals surface area contributed by atoms with Crippen LogP contribution in [0.5, 0.6) is 0 Å². The summed E-state index contributed by atoms with van der Waals surface area (Å²) in [6, 6.07) is 8.34. The summed E-state index contributed by atoms with van der Waals surface area (Å²) in [6.07, 6.45) is 0. The Hall–Kier alpha value is -1.85. The molecule has 0 saturated carbocycles. The fourth-order valence-electron chi connectivity index (χ4n) is 1.69. The van der Waals surface area contributed by atoms with E-state index in [4.69, 9.17) is 28.9 Å². The molecule has 1 amide bonds. The second-order valence-corrected chi connectivity index (χ2v) is 5.04. The molecule has 3 N–H and O–H groups in total. The monoisotopic (exact) mass is 310 g/mol. The van der Waals surface area contributed by atoms with E-state index < -0.39 is 5.91 Å². The Morgan fingerprint density at radius 1 is 1.25 bits per heavy atom. The average Bonchev–Trinajstić information content (AvgIpc) is 2.39. The van der Waals surface area contributed by atoms with Crippen LogP contribution in [-0.2, 0) is 0 Å². The van der Waals surface area contributed by atoms with Gasteiger partial charge >= 0.3 is 0 Å². The van der Waals surface area contributed by atoms with Gasteiger partial charge in [0.15, 0.2) is 5.69 Å². The first kappa shape index (κ1) is 14.6. The summed E-state index contributed by atoms with van der Waals surface area (Å²) in [5, 5.41) is 11.9. The maximum absolute atomic E-state index is 10.9. The number of halogens is 2. The zero-order chi connectivity index (χ0) is 14.7. The SMILES string of the molecule is C[C@H](Nc1ccc(C(N)=O)nn1)c1ccc(Cl)cc1Cl. The second-order valence-electron chi connectivity index (χ2n) is 4.20. The first-order valence-corrected chi connectivity index (χ1v) is 6.58. The van der Waals surface area contributed by atoms with Gasteiger partial charge in [0.05, 0.1) is 6.04 Å². The molecule has 0 radical (unpaired) electrons. The lowest BCUT2D eigenvalue weighted by molar-refractivity contribution is 0.0994. The van der Waals surface area contributed by atoms with E-state index in [0.717, 1.165) is 5.56 Å². The van der Waals surface area contributed by atoms with E-state index in [1.54, 1.807) is 18.2 Å². The molecule has 0 aliphatic carbocycles. The fourth-order valence-corrected chi connectivity index (χ4v) is 2.27. The number of benzene rings is 1. The molecule has 0 unspecified atom stereocenters. The summed E-state index contributed by atoms with van der Waals surface area (Å²) in [4.78, 5) is 10.9. The van der Waals surface area contributed by atoms with Gasteiger partial charge in [-0.2, -0.15) is 0 Å². The van der Waals surface area contributed by atoms with Gasteiger partial charge < -0.3 is 11.1 Å². The van der Waals surface area contributed by atoms with E-state index in [0.29, 0.717) is 15.9 Å². The number of carbonyl (C=O) groups is 1. The van der Waals surface area contributed by atoms with Crippen LogP contribution in [0.1, 0.15) is 29.0 Å². The number of nitrogens with zero attached hydrogens (tertiary/aromatic N) is 2. The molecule has 0 bridgehead atoms. The molecule has 7 heteroatoms. The third-order valence-corrected chi connectivity index (χ3v) is 3.27. The molecule has 20 heavy (non-hydrogen) atoms. The van der Waals surface area contributed by atoms with Crippen molar-refractivity contribution in [1.29, 1.82) is 0 Å². The van der Waals surface area contributed by atoms with Crippen LogP contribution in [0.15, 0.2) is 30.3 Å². The molecule has 0 aliphatic heterocycles. The van der Waals surface area contributed by atoms with Crippen LogP contribution in [0.25, 0.3) is 0 Å². The number of aromatic nitrogens is 2. The van der Waals surface area contributed by atoms with Crippen molar-refractivity contribution in [2.45, 2.75) is 13.0 Å². The zero-order valence-electron chi connectivity index (χ0n) is 10.6. The number of hydrogen-bond donors (Lipinski definition) is 2. The number of carbonyl (C=O) groups excluding carboxylic acids is 1. The van der Waals surface area contributed by atoms with Crippen molar-refractivity contribution in [2.75, 3.05) is 5.32 Å². The zero-order valence-corrected chi connectivity index (χ0v) is 12.1. The van der Waals surface area contributed by atoms with Gasteiger partial charge in [0.25, 0.3) is 5.91 Å². The number of primary amides is 1. The molecule has 1 heterocycles. The lowest BCUT2D eigenvalue weighted by Gasteiger charge is -2.16. The predicted molar refractivity (Wildman–Crippen MR) is 79.0 cm³/mol. The number of anilines is 1. The Balaban J connectivity index is 2.14. The number of amides is 1. The molecular formula is C13H12Cl2N4O. The van der Waals surface area contributed by atoms with Crippen LogP contribution in [0, 0.1) is 0 Å². The number of nitrogens with two attached hydrogens (primary N) is 1. The van der Waals surface area contributed by atoms with Crippen molar-refractivity contribution in [3.63, 3.8) is 0 Å². The van der Waals surface area contributed by atoms with Gasteiger partial charge in [-0.1, -0.05) is 29.3 Å². The van der Waals surface area contributed by atoms with E-state index >= 15 is 0 Å². The molecule has 1 atom stereocenters. The summed E-state index contributed by atoms with van der Waals surface area (Å²) in [7, 11) is 0. The summed E-state index contributed by atoms with van der Waals surface area (Å²) in [5.74, 6) is -0.0913. The molecule has 1 aromatic heterocycles. The topological polar surface area (TPSA) is 80.9 Å². The highest BCUT2D eigenvalue weighted by Gasteiger charge is 2.11. The van der Waals surface area contributed by atoms with Crippen LogP contribution in [0.4, 0.5) is 5.82 Å². The Labute approximate surface area is 126 Å². The maximum Gasteiger partial charge on any atom is 0.269 e. The first-order valence-electron chi connectivity index (χ1n) is 5.82. The Kier molecular flexibility index (Phi) is 4.42. The standard InChI is InChI=1S/C13H12Cl2N4O/c1-7(9-3-2-8(14)6-10(9)15)17-12-5-4-11(13(16)20)18-19-12/h2-7H,1H3,(H2,16,20)(H,17,19)/t7-/m0/s1. The molecule has 1 aromatic carbocycles. The minimum atomic E-state index is -0.613. The van der Waals surface area contributed by atoms with Gasteiger partial charge in [-0.05, 0) is 36.8 Å². The molecular weight excluding hydrogens is 299 g/mol. The second kappa shape index (κ2) is 6.07. The fraction of sp³-hybridized carbons (Fsp3) is 0.154. The van der Waals surface area contributed by atoms with E-state index in [1.807, 2.05) is 13.0 Å². The predicted octanol–water partition coefficient (Wildman–Crippen LogP) is 3.06. The van der Waals surface area contributed by atoms with Crippen molar-refractivity contribution >= 4 is 34.9 Å². The molecule has 104 valence electrons. The van der Waals surface area contributed by atoms with Crippen LogP contribution in [-0.4, -0.2) is 16.1 Å². The molecule has 0 saturated heterocycles. The van der Waals surface area contributed by atoms with Gasteiger partial charge in [0, 0.05) is 10.0 Å². The van der Waals surface area contributed by atoms with Gasteiger partial charge in [0.1, 0.15) is 5.82 Å².